The minimum absolute atomic E-state index is 0.342. The van der Waals surface area contributed by atoms with Gasteiger partial charge in [-0.3, -0.25) is 0 Å². The van der Waals surface area contributed by atoms with Gasteiger partial charge in [0, 0.05) is 19.3 Å². The first-order chi connectivity index (χ1) is 8.63. The first-order valence-electron chi connectivity index (χ1n) is 5.78. The standard InChI is InChI=1S/C14H16ClN3/c1-10-5-3-4-6-13(10)18(2)14-8-7-11(15)12(9-16)17-14/h3-8H,9,16H2,1-2H3. The summed E-state index contributed by atoms with van der Waals surface area (Å²) < 4.78 is 0. The van der Waals surface area contributed by atoms with Crippen LogP contribution in [0.25, 0.3) is 0 Å². The quantitative estimate of drug-likeness (QED) is 0.922. The zero-order valence-corrected chi connectivity index (χ0v) is 11.3. The van der Waals surface area contributed by atoms with E-state index in [1.807, 2.05) is 36.2 Å². The molecule has 2 N–H and O–H groups in total. The molecule has 0 fully saturated rings. The first kappa shape index (κ1) is 12.9. The summed E-state index contributed by atoms with van der Waals surface area (Å²) in [5.74, 6) is 0.842. The second kappa shape index (κ2) is 5.38. The van der Waals surface area contributed by atoms with Gasteiger partial charge >= 0.3 is 0 Å². The van der Waals surface area contributed by atoms with Crippen LogP contribution in [0.4, 0.5) is 11.5 Å². The van der Waals surface area contributed by atoms with Crippen molar-refractivity contribution in [3.8, 4) is 0 Å². The fraction of sp³-hybridized carbons (Fsp3) is 0.214. The fourth-order valence-corrected chi connectivity index (χ4v) is 2.05. The Kier molecular flexibility index (Phi) is 3.84. The fourth-order valence-electron chi connectivity index (χ4n) is 1.87. The Hall–Kier alpha value is -1.58. The van der Waals surface area contributed by atoms with Gasteiger partial charge in [0.2, 0.25) is 0 Å². The lowest BCUT2D eigenvalue weighted by molar-refractivity contribution is 0.973. The molecule has 0 amide bonds. The average molecular weight is 262 g/mol. The predicted octanol–water partition coefficient (Wildman–Crippen LogP) is 3.27. The highest BCUT2D eigenvalue weighted by molar-refractivity contribution is 6.31. The summed E-state index contributed by atoms with van der Waals surface area (Å²) in [5, 5.41) is 0.611. The van der Waals surface area contributed by atoms with E-state index in [1.54, 1.807) is 0 Å². The van der Waals surface area contributed by atoms with Gasteiger partial charge in [-0.25, -0.2) is 4.98 Å². The number of anilines is 2. The van der Waals surface area contributed by atoms with E-state index in [2.05, 4.69) is 24.0 Å². The molecule has 18 heavy (non-hydrogen) atoms. The minimum Gasteiger partial charge on any atom is -0.329 e. The number of aryl methyl sites for hydroxylation is 1. The predicted molar refractivity (Wildman–Crippen MR) is 76.4 cm³/mol. The molecule has 94 valence electrons. The highest BCUT2D eigenvalue weighted by atomic mass is 35.5. The Morgan fingerprint density at radius 3 is 2.61 bits per heavy atom. The number of halogens is 1. The zero-order valence-electron chi connectivity index (χ0n) is 10.5. The van der Waals surface area contributed by atoms with Crippen molar-refractivity contribution in [3.05, 3.63) is 52.7 Å². The molecule has 0 radical (unpaired) electrons. The molecule has 0 saturated carbocycles. The van der Waals surface area contributed by atoms with Gasteiger partial charge < -0.3 is 10.6 Å². The van der Waals surface area contributed by atoms with Gasteiger partial charge in [-0.15, -0.1) is 0 Å². The van der Waals surface area contributed by atoms with Crippen molar-refractivity contribution >= 4 is 23.1 Å². The van der Waals surface area contributed by atoms with E-state index >= 15 is 0 Å². The van der Waals surface area contributed by atoms with Crippen LogP contribution in [-0.4, -0.2) is 12.0 Å². The summed E-state index contributed by atoms with van der Waals surface area (Å²) in [6.45, 7) is 2.42. The monoisotopic (exact) mass is 261 g/mol. The summed E-state index contributed by atoms with van der Waals surface area (Å²) in [6.07, 6.45) is 0. The Bertz CT molecular complexity index is 554. The molecule has 0 spiro atoms. The van der Waals surface area contributed by atoms with E-state index in [1.165, 1.54) is 5.56 Å². The van der Waals surface area contributed by atoms with Gasteiger partial charge in [-0.1, -0.05) is 29.8 Å². The van der Waals surface area contributed by atoms with E-state index in [4.69, 9.17) is 17.3 Å². The number of rotatable bonds is 3. The van der Waals surface area contributed by atoms with Crippen LogP contribution in [0.3, 0.4) is 0 Å². The average Bonchev–Trinajstić information content (AvgIpc) is 2.39. The molecule has 1 aromatic carbocycles. The Morgan fingerprint density at radius 1 is 1.22 bits per heavy atom. The molecule has 2 rings (SSSR count). The first-order valence-corrected chi connectivity index (χ1v) is 6.16. The van der Waals surface area contributed by atoms with Gasteiger partial charge in [0.1, 0.15) is 5.82 Å². The molecule has 0 bridgehead atoms. The topological polar surface area (TPSA) is 42.1 Å². The maximum Gasteiger partial charge on any atom is 0.133 e. The normalized spacial score (nSPS) is 10.4. The number of hydrogen-bond donors (Lipinski definition) is 1. The lowest BCUT2D eigenvalue weighted by atomic mass is 10.2. The Labute approximate surface area is 112 Å². The summed E-state index contributed by atoms with van der Waals surface area (Å²) in [6, 6.07) is 11.9. The minimum atomic E-state index is 0.342. The number of para-hydroxylation sites is 1. The second-order valence-electron chi connectivity index (χ2n) is 4.15. The van der Waals surface area contributed by atoms with E-state index in [-0.39, 0.29) is 0 Å². The van der Waals surface area contributed by atoms with Crippen LogP contribution in [0, 0.1) is 6.92 Å². The second-order valence-corrected chi connectivity index (χ2v) is 4.55. The van der Waals surface area contributed by atoms with Crippen LogP contribution < -0.4 is 10.6 Å². The van der Waals surface area contributed by atoms with E-state index in [9.17, 15) is 0 Å². The van der Waals surface area contributed by atoms with Crippen LogP contribution in [-0.2, 0) is 6.54 Å². The maximum absolute atomic E-state index is 6.02. The lowest BCUT2D eigenvalue weighted by Gasteiger charge is -2.21. The molecule has 0 atom stereocenters. The van der Waals surface area contributed by atoms with E-state index < -0.39 is 0 Å². The van der Waals surface area contributed by atoms with Crippen molar-refractivity contribution in [1.82, 2.24) is 4.98 Å². The van der Waals surface area contributed by atoms with Crippen LogP contribution in [0.5, 0.6) is 0 Å². The van der Waals surface area contributed by atoms with Crippen molar-refractivity contribution in [1.29, 1.82) is 0 Å². The molecular formula is C14H16ClN3. The van der Waals surface area contributed by atoms with Crippen molar-refractivity contribution < 1.29 is 0 Å². The van der Waals surface area contributed by atoms with Gasteiger partial charge in [0.25, 0.3) is 0 Å². The molecule has 1 heterocycles. The van der Waals surface area contributed by atoms with Crippen LogP contribution in [0.15, 0.2) is 36.4 Å². The summed E-state index contributed by atoms with van der Waals surface area (Å²) in [5.41, 5.74) is 8.66. The van der Waals surface area contributed by atoms with Gasteiger partial charge in [0.05, 0.1) is 10.7 Å². The maximum atomic E-state index is 6.02. The smallest absolute Gasteiger partial charge is 0.133 e. The molecule has 2 aromatic rings. The van der Waals surface area contributed by atoms with Crippen LogP contribution in [0.2, 0.25) is 5.02 Å². The number of aromatic nitrogens is 1. The third-order valence-corrected chi connectivity index (χ3v) is 3.26. The molecule has 0 saturated heterocycles. The number of hydrogen-bond acceptors (Lipinski definition) is 3. The molecular weight excluding hydrogens is 246 g/mol. The van der Waals surface area contributed by atoms with Gasteiger partial charge in [0.15, 0.2) is 0 Å². The lowest BCUT2D eigenvalue weighted by Crippen LogP contribution is -2.14. The Morgan fingerprint density at radius 2 is 1.94 bits per heavy atom. The van der Waals surface area contributed by atoms with E-state index in [0.717, 1.165) is 17.2 Å². The number of pyridine rings is 1. The number of benzene rings is 1. The third-order valence-electron chi connectivity index (χ3n) is 2.92. The number of nitrogens with zero attached hydrogens (tertiary/aromatic N) is 2. The summed E-state index contributed by atoms with van der Waals surface area (Å²) >= 11 is 6.02. The molecule has 0 aliphatic carbocycles. The van der Waals surface area contributed by atoms with Crippen LogP contribution in [0.1, 0.15) is 11.3 Å². The van der Waals surface area contributed by atoms with Crippen LogP contribution >= 0.6 is 11.6 Å². The molecule has 0 unspecified atom stereocenters. The van der Waals surface area contributed by atoms with E-state index in [0.29, 0.717) is 11.6 Å². The van der Waals surface area contributed by atoms with Gasteiger partial charge in [-0.05, 0) is 30.7 Å². The molecule has 3 nitrogen and oxygen atoms in total. The van der Waals surface area contributed by atoms with Crippen molar-refractivity contribution in [2.75, 3.05) is 11.9 Å². The molecule has 0 aliphatic rings. The van der Waals surface area contributed by atoms with Gasteiger partial charge in [-0.2, -0.15) is 0 Å². The van der Waals surface area contributed by atoms with Crippen molar-refractivity contribution in [2.45, 2.75) is 13.5 Å². The molecule has 1 aromatic heterocycles. The SMILES string of the molecule is Cc1ccccc1N(C)c1ccc(Cl)c(CN)n1. The zero-order chi connectivity index (χ0) is 13.1. The van der Waals surface area contributed by atoms with Crippen molar-refractivity contribution in [3.63, 3.8) is 0 Å². The molecule has 4 heteroatoms. The summed E-state index contributed by atoms with van der Waals surface area (Å²) in [7, 11) is 1.98. The number of nitrogens with two attached hydrogens (primary N) is 1. The molecule has 0 aliphatic heterocycles. The summed E-state index contributed by atoms with van der Waals surface area (Å²) in [4.78, 5) is 6.51. The van der Waals surface area contributed by atoms with Crippen molar-refractivity contribution in [2.24, 2.45) is 5.73 Å². The highest BCUT2D eigenvalue weighted by Crippen LogP contribution is 2.26. The highest BCUT2D eigenvalue weighted by Gasteiger charge is 2.09. The third kappa shape index (κ3) is 2.47. The Balaban J connectivity index is 2.40. The largest absolute Gasteiger partial charge is 0.329 e.